The summed E-state index contributed by atoms with van der Waals surface area (Å²) < 4.78 is 0. The average Bonchev–Trinajstić information content (AvgIpc) is 2.83. The zero-order valence-corrected chi connectivity index (χ0v) is 23.6. The number of hydrogen-bond acceptors (Lipinski definition) is 2. The third-order valence-electron chi connectivity index (χ3n) is 7.44. The first-order chi connectivity index (χ1) is 16.6. The van der Waals surface area contributed by atoms with E-state index < -0.39 is 0 Å². The molecule has 0 radical (unpaired) electrons. The molecule has 2 aromatic rings. The third-order valence-corrected chi connectivity index (χ3v) is 8.17. The number of rotatable bonds is 7. The summed E-state index contributed by atoms with van der Waals surface area (Å²) in [6.45, 7) is 19.8. The SMILES string of the molecule is C.C=C(C)Cc1c(C)cc(N=CN(C)CC)c(C)c1C.C=C(SC)c1ccc2c(c1)CC1C=CC1C2. The summed E-state index contributed by atoms with van der Waals surface area (Å²) in [6, 6.07) is 9.05. The molecular formula is C33H46N2S. The van der Waals surface area contributed by atoms with Crippen LogP contribution in [0.15, 0.2) is 60.1 Å². The fraction of sp³-hybridized carbons (Fsp3) is 0.424. The van der Waals surface area contributed by atoms with Gasteiger partial charge in [0.05, 0.1) is 12.0 Å². The Morgan fingerprint density at radius 2 is 1.69 bits per heavy atom. The molecule has 0 N–H and O–H groups in total. The van der Waals surface area contributed by atoms with Crippen LogP contribution < -0.4 is 0 Å². The van der Waals surface area contributed by atoms with Gasteiger partial charge in [0.1, 0.15) is 0 Å². The average molecular weight is 503 g/mol. The molecule has 2 aliphatic rings. The van der Waals surface area contributed by atoms with E-state index in [-0.39, 0.29) is 7.43 Å². The van der Waals surface area contributed by atoms with Gasteiger partial charge in [-0.15, -0.1) is 11.8 Å². The molecule has 2 aromatic carbocycles. The Morgan fingerprint density at radius 3 is 2.25 bits per heavy atom. The topological polar surface area (TPSA) is 15.6 Å². The van der Waals surface area contributed by atoms with Gasteiger partial charge < -0.3 is 4.90 Å². The van der Waals surface area contributed by atoms with Crippen LogP contribution in [0.25, 0.3) is 4.91 Å². The smallest absolute Gasteiger partial charge is 0.0909 e. The number of aryl methyl sites for hydroxylation is 1. The molecule has 0 aliphatic heterocycles. The molecule has 2 nitrogen and oxygen atoms in total. The minimum atomic E-state index is 0. The van der Waals surface area contributed by atoms with Crippen LogP contribution in [0.5, 0.6) is 0 Å². The van der Waals surface area contributed by atoms with E-state index in [2.05, 4.69) is 100 Å². The molecule has 4 rings (SSSR count). The van der Waals surface area contributed by atoms with Crippen LogP contribution in [0, 0.1) is 32.6 Å². The van der Waals surface area contributed by atoms with Gasteiger partial charge in [-0.2, -0.15) is 0 Å². The number of nitrogens with zero attached hydrogens (tertiary/aromatic N) is 2. The number of aliphatic imine (C=N–C) groups is 1. The maximum atomic E-state index is 4.60. The zero-order chi connectivity index (χ0) is 25.7. The second kappa shape index (κ2) is 13.1. The van der Waals surface area contributed by atoms with Crippen LogP contribution in [0.1, 0.15) is 60.2 Å². The fourth-order valence-corrected chi connectivity index (χ4v) is 5.11. The molecule has 36 heavy (non-hydrogen) atoms. The lowest BCUT2D eigenvalue weighted by molar-refractivity contribution is 0.396. The first kappa shape index (κ1) is 29.7. The second-order valence-corrected chi connectivity index (χ2v) is 11.0. The van der Waals surface area contributed by atoms with Gasteiger partial charge in [-0.3, -0.25) is 0 Å². The van der Waals surface area contributed by atoms with Crippen molar-refractivity contribution in [2.75, 3.05) is 19.8 Å². The van der Waals surface area contributed by atoms with Gasteiger partial charge >= 0.3 is 0 Å². The summed E-state index contributed by atoms with van der Waals surface area (Å²) in [7, 11) is 2.04. The molecule has 0 spiro atoms. The highest BCUT2D eigenvalue weighted by atomic mass is 32.2. The zero-order valence-electron chi connectivity index (χ0n) is 22.7. The monoisotopic (exact) mass is 502 g/mol. The largest absolute Gasteiger partial charge is 0.366 e. The van der Waals surface area contributed by atoms with Crippen LogP contribution in [0.3, 0.4) is 0 Å². The van der Waals surface area contributed by atoms with Gasteiger partial charge in [0.15, 0.2) is 0 Å². The van der Waals surface area contributed by atoms with Crippen molar-refractivity contribution in [2.45, 2.75) is 61.3 Å². The quantitative estimate of drug-likeness (QED) is 0.213. The van der Waals surface area contributed by atoms with Gasteiger partial charge in [0.25, 0.3) is 0 Å². The first-order valence-corrected chi connectivity index (χ1v) is 13.9. The lowest BCUT2D eigenvalue weighted by Crippen LogP contribution is -2.28. The van der Waals surface area contributed by atoms with Crippen molar-refractivity contribution >= 4 is 28.7 Å². The highest BCUT2D eigenvalue weighted by molar-refractivity contribution is 8.07. The van der Waals surface area contributed by atoms with E-state index in [1.165, 1.54) is 51.1 Å². The van der Waals surface area contributed by atoms with Gasteiger partial charge in [-0.25, -0.2) is 4.99 Å². The summed E-state index contributed by atoms with van der Waals surface area (Å²) in [5.41, 5.74) is 12.0. The Kier molecular flexibility index (Phi) is 10.8. The molecule has 0 amide bonds. The molecule has 0 aromatic heterocycles. The van der Waals surface area contributed by atoms with Crippen LogP contribution >= 0.6 is 11.8 Å². The maximum absolute atomic E-state index is 4.60. The molecule has 0 saturated carbocycles. The Morgan fingerprint density at radius 1 is 1.06 bits per heavy atom. The summed E-state index contributed by atoms with van der Waals surface area (Å²) in [4.78, 5) is 7.85. The number of thioether (sulfide) groups is 1. The molecule has 2 unspecified atom stereocenters. The summed E-state index contributed by atoms with van der Waals surface area (Å²) in [5.74, 6) is 1.63. The van der Waals surface area contributed by atoms with E-state index >= 15 is 0 Å². The van der Waals surface area contributed by atoms with Gasteiger partial charge in [0.2, 0.25) is 0 Å². The van der Waals surface area contributed by atoms with Crippen molar-refractivity contribution in [3.8, 4) is 0 Å². The van der Waals surface area contributed by atoms with E-state index in [9.17, 15) is 0 Å². The minimum absolute atomic E-state index is 0. The molecule has 0 bridgehead atoms. The van der Waals surface area contributed by atoms with Crippen molar-refractivity contribution in [1.82, 2.24) is 4.90 Å². The Hall–Kier alpha value is -2.52. The molecule has 2 atom stereocenters. The number of allylic oxidation sites excluding steroid dienone is 3. The Bertz CT molecular complexity index is 1150. The van der Waals surface area contributed by atoms with Crippen molar-refractivity contribution in [1.29, 1.82) is 0 Å². The molecule has 0 fully saturated rings. The highest BCUT2D eigenvalue weighted by Gasteiger charge is 2.30. The molecule has 0 saturated heterocycles. The number of hydrogen-bond donors (Lipinski definition) is 0. The standard InChI is InChI=1S/C17H26N2.C15H16S.CH4/c1-8-19(7)11-18-17-10-13(4)16(9-12(2)3)14(5)15(17)6;1-10(16-2)11-3-4-14-8-12-5-6-13(12)9-15(14)7-11;/h10-11H,2,8-9H2,1,3-7H3;3-7,12-13H,1,8-9H2,2H3;1H4. The lowest BCUT2D eigenvalue weighted by Gasteiger charge is -2.35. The molecular weight excluding hydrogens is 456 g/mol. The highest BCUT2D eigenvalue weighted by Crippen LogP contribution is 2.39. The number of benzene rings is 2. The van der Waals surface area contributed by atoms with Crippen LogP contribution in [0.4, 0.5) is 5.69 Å². The van der Waals surface area contributed by atoms with Crippen molar-refractivity contribution in [2.24, 2.45) is 16.8 Å². The van der Waals surface area contributed by atoms with Crippen LogP contribution in [0.2, 0.25) is 0 Å². The minimum Gasteiger partial charge on any atom is -0.366 e. The molecule has 0 heterocycles. The molecule has 3 heteroatoms. The third kappa shape index (κ3) is 7.03. The molecule has 2 aliphatic carbocycles. The fourth-order valence-electron chi connectivity index (χ4n) is 4.74. The van der Waals surface area contributed by atoms with E-state index in [1.807, 2.05) is 13.4 Å². The van der Waals surface area contributed by atoms with Crippen molar-refractivity contribution < 1.29 is 0 Å². The Balaban J connectivity index is 0.000000249. The predicted molar refractivity (Wildman–Crippen MR) is 165 cm³/mol. The van der Waals surface area contributed by atoms with Gasteiger partial charge in [-0.05, 0) is 117 Å². The van der Waals surface area contributed by atoms with E-state index in [0.717, 1.165) is 30.5 Å². The van der Waals surface area contributed by atoms with Crippen molar-refractivity contribution in [3.05, 3.63) is 94.1 Å². The second-order valence-electron chi connectivity index (χ2n) is 10.1. The van der Waals surface area contributed by atoms with Crippen molar-refractivity contribution in [3.63, 3.8) is 0 Å². The summed E-state index contributed by atoms with van der Waals surface area (Å²) in [5, 5.41) is 0. The summed E-state index contributed by atoms with van der Waals surface area (Å²) in [6.07, 6.45) is 12.1. The van der Waals surface area contributed by atoms with Crippen LogP contribution in [-0.2, 0) is 19.3 Å². The van der Waals surface area contributed by atoms with Crippen LogP contribution in [-0.4, -0.2) is 31.1 Å². The normalized spacial score (nSPS) is 17.2. The summed E-state index contributed by atoms with van der Waals surface area (Å²) >= 11 is 1.74. The van der Waals surface area contributed by atoms with E-state index in [1.54, 1.807) is 22.9 Å². The lowest BCUT2D eigenvalue weighted by atomic mass is 9.69. The van der Waals surface area contributed by atoms with E-state index in [4.69, 9.17) is 0 Å². The Labute approximate surface area is 225 Å². The van der Waals surface area contributed by atoms with Gasteiger partial charge in [0, 0.05) is 18.5 Å². The predicted octanol–water partition coefficient (Wildman–Crippen LogP) is 8.90. The van der Waals surface area contributed by atoms with E-state index in [0.29, 0.717) is 0 Å². The molecule has 194 valence electrons. The first-order valence-electron chi connectivity index (χ1n) is 12.7. The maximum Gasteiger partial charge on any atom is 0.0909 e. The number of fused-ring (bicyclic) bond motifs is 2. The van der Waals surface area contributed by atoms with Gasteiger partial charge in [-0.1, -0.05) is 56.5 Å².